The highest BCUT2D eigenvalue weighted by Gasteiger charge is 2.54. The van der Waals surface area contributed by atoms with E-state index < -0.39 is 20.9 Å². The fourth-order valence-corrected chi connectivity index (χ4v) is 5.11. The molecule has 6 heteroatoms. The minimum atomic E-state index is -3.17. The maximum atomic E-state index is 11.7. The van der Waals surface area contributed by atoms with Gasteiger partial charge in [-0.1, -0.05) is 0 Å². The number of rotatable bonds is 2. The molecule has 0 aromatic heterocycles. The van der Waals surface area contributed by atoms with Crippen LogP contribution in [0.25, 0.3) is 0 Å². The average Bonchev–Trinajstić information content (AvgIpc) is 2.28. The van der Waals surface area contributed by atoms with Gasteiger partial charge in [0.2, 0.25) is 0 Å². The van der Waals surface area contributed by atoms with Gasteiger partial charge in [0.15, 0.2) is 9.84 Å². The predicted octanol–water partition coefficient (Wildman–Crippen LogP) is -0.285. The third-order valence-corrected chi connectivity index (χ3v) is 6.02. The van der Waals surface area contributed by atoms with Crippen molar-refractivity contribution in [2.24, 2.45) is 5.41 Å². The molecule has 0 spiro atoms. The van der Waals surface area contributed by atoms with Gasteiger partial charge in [0.1, 0.15) is 0 Å². The Morgan fingerprint density at radius 3 is 2.53 bits per heavy atom. The van der Waals surface area contributed by atoms with Crippen molar-refractivity contribution >= 4 is 9.84 Å². The zero-order valence-electron chi connectivity index (χ0n) is 9.89. The molecule has 2 unspecified atom stereocenters. The van der Waals surface area contributed by atoms with E-state index in [1.165, 1.54) is 0 Å². The number of hydrogen-bond acceptors (Lipinski definition) is 5. The van der Waals surface area contributed by atoms with Crippen molar-refractivity contribution in [2.75, 3.05) is 31.3 Å². The number of sulfone groups is 1. The monoisotopic (exact) mass is 264 g/mol. The fraction of sp³-hybridized carbons (Fsp3) is 1.00. The summed E-state index contributed by atoms with van der Waals surface area (Å²) in [4.78, 5) is 0. The zero-order valence-corrected chi connectivity index (χ0v) is 10.7. The molecule has 2 atom stereocenters. The molecular formula is C11H20O5S. The summed E-state index contributed by atoms with van der Waals surface area (Å²) in [7, 11) is -3.17. The van der Waals surface area contributed by atoms with Gasteiger partial charge < -0.3 is 14.9 Å². The SMILES string of the molecule is O=S1(=O)CCCC(CO)(C2(O)CCCOC2)C1. The molecule has 2 rings (SSSR count). The van der Waals surface area contributed by atoms with E-state index in [1.807, 2.05) is 0 Å². The fourth-order valence-electron chi connectivity index (χ4n) is 3.03. The first-order valence-corrected chi connectivity index (χ1v) is 7.87. The van der Waals surface area contributed by atoms with Crippen LogP contribution in [0.15, 0.2) is 0 Å². The summed E-state index contributed by atoms with van der Waals surface area (Å²) < 4.78 is 28.8. The Hall–Kier alpha value is -0.170. The van der Waals surface area contributed by atoms with Crippen LogP contribution in [0.2, 0.25) is 0 Å². The molecule has 5 nitrogen and oxygen atoms in total. The third kappa shape index (κ3) is 2.36. The Bertz CT molecular complexity index is 371. The Balaban J connectivity index is 2.29. The van der Waals surface area contributed by atoms with Gasteiger partial charge in [0, 0.05) is 12.0 Å². The largest absolute Gasteiger partial charge is 0.396 e. The van der Waals surface area contributed by atoms with Gasteiger partial charge in [-0.15, -0.1) is 0 Å². The van der Waals surface area contributed by atoms with E-state index in [0.717, 1.165) is 0 Å². The minimum absolute atomic E-state index is 0.128. The maximum Gasteiger partial charge on any atom is 0.151 e. The van der Waals surface area contributed by atoms with E-state index in [-0.39, 0.29) is 24.7 Å². The van der Waals surface area contributed by atoms with Crippen LogP contribution >= 0.6 is 0 Å². The molecule has 2 N–H and O–H groups in total. The van der Waals surface area contributed by atoms with Gasteiger partial charge in [-0.2, -0.15) is 0 Å². The van der Waals surface area contributed by atoms with Gasteiger partial charge >= 0.3 is 0 Å². The van der Waals surface area contributed by atoms with Crippen LogP contribution in [0, 0.1) is 5.41 Å². The lowest BCUT2D eigenvalue weighted by Gasteiger charge is -2.49. The van der Waals surface area contributed by atoms with Crippen LogP contribution in [0.4, 0.5) is 0 Å². The van der Waals surface area contributed by atoms with Crippen molar-refractivity contribution < 1.29 is 23.4 Å². The number of aliphatic hydroxyl groups excluding tert-OH is 1. The van der Waals surface area contributed by atoms with Crippen LogP contribution < -0.4 is 0 Å². The first kappa shape index (κ1) is 13.3. The number of hydrogen-bond donors (Lipinski definition) is 2. The highest BCUT2D eigenvalue weighted by atomic mass is 32.2. The summed E-state index contributed by atoms with van der Waals surface area (Å²) >= 11 is 0. The lowest BCUT2D eigenvalue weighted by atomic mass is 9.68. The van der Waals surface area contributed by atoms with Crippen molar-refractivity contribution in [2.45, 2.75) is 31.3 Å². The predicted molar refractivity (Wildman–Crippen MR) is 62.4 cm³/mol. The van der Waals surface area contributed by atoms with Gasteiger partial charge in [-0.25, -0.2) is 8.42 Å². The molecule has 0 aliphatic carbocycles. The second-order valence-corrected chi connectivity index (χ2v) is 7.51. The van der Waals surface area contributed by atoms with Crippen molar-refractivity contribution in [3.63, 3.8) is 0 Å². The minimum Gasteiger partial charge on any atom is -0.396 e. The molecular weight excluding hydrogens is 244 g/mol. The van der Waals surface area contributed by atoms with E-state index >= 15 is 0 Å². The highest BCUT2D eigenvalue weighted by Crippen LogP contribution is 2.44. The van der Waals surface area contributed by atoms with Crippen molar-refractivity contribution in [3.05, 3.63) is 0 Å². The van der Waals surface area contributed by atoms with Crippen LogP contribution in [-0.4, -0.2) is 55.6 Å². The molecule has 0 aromatic carbocycles. The second-order valence-electron chi connectivity index (χ2n) is 5.32. The molecule has 2 saturated heterocycles. The second kappa shape index (κ2) is 4.50. The van der Waals surface area contributed by atoms with Crippen LogP contribution in [-0.2, 0) is 14.6 Å². The topological polar surface area (TPSA) is 83.8 Å². The van der Waals surface area contributed by atoms with Crippen LogP contribution in [0.1, 0.15) is 25.7 Å². The molecule has 0 aromatic rings. The Morgan fingerprint density at radius 1 is 1.24 bits per heavy atom. The Labute approximate surface area is 102 Å². The van der Waals surface area contributed by atoms with Crippen molar-refractivity contribution in [1.82, 2.24) is 0 Å². The molecule has 2 heterocycles. The van der Waals surface area contributed by atoms with Crippen LogP contribution in [0.5, 0.6) is 0 Å². The Kier molecular flexibility index (Phi) is 3.51. The lowest BCUT2D eigenvalue weighted by molar-refractivity contribution is -0.171. The van der Waals surface area contributed by atoms with Gasteiger partial charge in [0.05, 0.1) is 30.3 Å². The first-order valence-electron chi connectivity index (χ1n) is 6.05. The number of aliphatic hydroxyl groups is 2. The summed E-state index contributed by atoms with van der Waals surface area (Å²) in [6, 6.07) is 0. The van der Waals surface area contributed by atoms with Crippen LogP contribution in [0.3, 0.4) is 0 Å². The summed E-state index contributed by atoms with van der Waals surface area (Å²) in [5, 5.41) is 20.2. The van der Waals surface area contributed by atoms with E-state index in [9.17, 15) is 18.6 Å². The summed E-state index contributed by atoms with van der Waals surface area (Å²) in [6.07, 6.45) is 2.26. The first-order chi connectivity index (χ1) is 7.93. The zero-order chi connectivity index (χ0) is 12.6. The molecule has 2 fully saturated rings. The van der Waals surface area contributed by atoms with Gasteiger partial charge in [-0.3, -0.25) is 0 Å². The molecule has 0 bridgehead atoms. The lowest BCUT2D eigenvalue weighted by Crippen LogP contribution is -2.60. The third-order valence-electron chi connectivity index (χ3n) is 4.12. The quantitative estimate of drug-likeness (QED) is 0.716. The molecule has 0 amide bonds. The average molecular weight is 264 g/mol. The maximum absolute atomic E-state index is 11.7. The highest BCUT2D eigenvalue weighted by molar-refractivity contribution is 7.91. The van der Waals surface area contributed by atoms with E-state index in [1.54, 1.807) is 0 Å². The van der Waals surface area contributed by atoms with E-state index in [0.29, 0.717) is 32.3 Å². The molecule has 0 saturated carbocycles. The number of ether oxygens (including phenoxy) is 1. The van der Waals surface area contributed by atoms with Crippen molar-refractivity contribution in [1.29, 1.82) is 0 Å². The Morgan fingerprint density at radius 2 is 2.00 bits per heavy atom. The van der Waals surface area contributed by atoms with Gasteiger partial charge in [0.25, 0.3) is 0 Å². The molecule has 2 aliphatic heterocycles. The van der Waals surface area contributed by atoms with E-state index in [2.05, 4.69) is 0 Å². The normalized spacial score (nSPS) is 42.2. The summed E-state index contributed by atoms with van der Waals surface area (Å²) in [6.45, 7) is 0.422. The van der Waals surface area contributed by atoms with Crippen molar-refractivity contribution in [3.8, 4) is 0 Å². The standard InChI is InChI=1S/C11H20O5S/c12-7-10(3-2-6-17(14,15)9-10)11(13)4-1-5-16-8-11/h12-13H,1-9H2. The van der Waals surface area contributed by atoms with Gasteiger partial charge in [-0.05, 0) is 25.7 Å². The molecule has 2 aliphatic rings. The molecule has 100 valence electrons. The smallest absolute Gasteiger partial charge is 0.151 e. The molecule has 0 radical (unpaired) electrons. The summed E-state index contributed by atoms with van der Waals surface area (Å²) in [5.41, 5.74) is -2.14. The molecule has 17 heavy (non-hydrogen) atoms. The van der Waals surface area contributed by atoms with E-state index in [4.69, 9.17) is 4.74 Å². The summed E-state index contributed by atoms with van der Waals surface area (Å²) in [5.74, 6) is 0.0298.